The van der Waals surface area contributed by atoms with Gasteiger partial charge in [-0.1, -0.05) is 37.1 Å². The second kappa shape index (κ2) is 5.02. The molecule has 3 rings (SSSR count). The van der Waals surface area contributed by atoms with Crippen LogP contribution in [0.2, 0.25) is 0 Å². The molecule has 0 radical (unpaired) electrons. The Morgan fingerprint density at radius 2 is 1.53 bits per heavy atom. The average molecular weight is 249 g/mol. The van der Waals surface area contributed by atoms with Gasteiger partial charge in [-0.2, -0.15) is 0 Å². The van der Waals surface area contributed by atoms with E-state index in [-0.39, 0.29) is 0 Å². The minimum atomic E-state index is 0.404. The van der Waals surface area contributed by atoms with Crippen molar-refractivity contribution in [1.29, 1.82) is 0 Å². The minimum Gasteiger partial charge on any atom is -0.123 e. The topological polar surface area (TPSA) is 0 Å². The molecule has 2 aliphatic carbocycles. The van der Waals surface area contributed by atoms with Crippen LogP contribution in [0, 0.1) is 0 Å². The van der Waals surface area contributed by atoms with E-state index in [0.29, 0.717) is 11.3 Å². The van der Waals surface area contributed by atoms with Gasteiger partial charge in [0.05, 0.1) is 0 Å². The van der Waals surface area contributed by atoms with Crippen LogP contribution in [-0.2, 0) is 0 Å². The van der Waals surface area contributed by atoms with Gasteiger partial charge in [0, 0.05) is 5.38 Å². The molecule has 0 saturated heterocycles. The molecule has 1 heteroatoms. The predicted molar refractivity (Wildman–Crippen MR) is 73.9 cm³/mol. The summed E-state index contributed by atoms with van der Waals surface area (Å²) in [7, 11) is 0. The van der Waals surface area contributed by atoms with Crippen LogP contribution in [0.25, 0.3) is 0 Å². The summed E-state index contributed by atoms with van der Waals surface area (Å²) >= 11 is 6.30. The Morgan fingerprint density at radius 3 is 2.18 bits per heavy atom. The van der Waals surface area contributed by atoms with Gasteiger partial charge in [-0.15, -0.1) is 11.6 Å². The van der Waals surface area contributed by atoms with Gasteiger partial charge < -0.3 is 0 Å². The highest BCUT2D eigenvalue weighted by molar-refractivity contribution is 6.20. The van der Waals surface area contributed by atoms with Crippen molar-refractivity contribution >= 4 is 11.6 Å². The molecule has 0 aliphatic heterocycles. The fourth-order valence-corrected chi connectivity index (χ4v) is 3.61. The van der Waals surface area contributed by atoms with Crippen molar-refractivity contribution in [2.45, 2.75) is 62.2 Å². The van der Waals surface area contributed by atoms with E-state index in [9.17, 15) is 0 Å². The summed E-state index contributed by atoms with van der Waals surface area (Å²) < 4.78 is 0. The molecule has 0 aromatic heterocycles. The van der Waals surface area contributed by atoms with Gasteiger partial charge in [0.1, 0.15) is 0 Å². The average Bonchev–Trinajstić information content (AvgIpc) is 2.27. The molecule has 2 atom stereocenters. The van der Waals surface area contributed by atoms with Gasteiger partial charge >= 0.3 is 0 Å². The van der Waals surface area contributed by atoms with Gasteiger partial charge in [-0.25, -0.2) is 0 Å². The van der Waals surface area contributed by atoms with E-state index in [1.54, 1.807) is 11.1 Å². The summed E-state index contributed by atoms with van der Waals surface area (Å²) in [5.74, 6) is 1.57. The highest BCUT2D eigenvalue weighted by Gasteiger charge is 2.24. The molecule has 2 aliphatic rings. The summed E-state index contributed by atoms with van der Waals surface area (Å²) in [5, 5.41) is 0.404. The summed E-state index contributed by atoms with van der Waals surface area (Å²) in [4.78, 5) is 0. The Balaban J connectivity index is 1.77. The van der Waals surface area contributed by atoms with Crippen LogP contribution >= 0.6 is 11.6 Å². The number of rotatable bonds is 2. The smallest absolute Gasteiger partial charge is 0.0341 e. The molecule has 2 fully saturated rings. The normalized spacial score (nSPS) is 29.9. The molecule has 92 valence electrons. The fraction of sp³-hybridized carbons (Fsp3) is 0.625. The van der Waals surface area contributed by atoms with Gasteiger partial charge in [0.15, 0.2) is 0 Å². The molecule has 2 saturated carbocycles. The number of alkyl halides is 1. The Bertz CT molecular complexity index is 381. The van der Waals surface area contributed by atoms with Crippen molar-refractivity contribution in [3.63, 3.8) is 0 Å². The Hall–Kier alpha value is -0.490. The molecular weight excluding hydrogens is 228 g/mol. The predicted octanol–water partition coefficient (Wildman–Crippen LogP) is 5.22. The third-order valence-electron chi connectivity index (χ3n) is 4.57. The van der Waals surface area contributed by atoms with Crippen LogP contribution in [0.5, 0.6) is 0 Å². The zero-order valence-electron chi connectivity index (χ0n) is 10.4. The standard InChI is InChI=1S/C16H21Cl/c17-16-9-3-8-15(11-16)14-7-2-6-13(10-14)12-4-1-5-12/h2,6-7,10,12,15-16H,1,3-5,8-9,11H2. The molecule has 0 nitrogen and oxygen atoms in total. The lowest BCUT2D eigenvalue weighted by atomic mass is 9.77. The van der Waals surface area contributed by atoms with E-state index in [2.05, 4.69) is 24.3 Å². The molecule has 0 spiro atoms. The summed E-state index contributed by atoms with van der Waals surface area (Å²) in [6.45, 7) is 0. The van der Waals surface area contributed by atoms with Crippen molar-refractivity contribution in [3.8, 4) is 0 Å². The fourth-order valence-electron chi connectivity index (χ4n) is 3.24. The van der Waals surface area contributed by atoms with Gasteiger partial charge in [-0.05, 0) is 55.1 Å². The molecule has 17 heavy (non-hydrogen) atoms. The summed E-state index contributed by atoms with van der Waals surface area (Å²) in [6, 6.07) is 9.33. The molecular formula is C16H21Cl. The molecule has 0 N–H and O–H groups in total. The van der Waals surface area contributed by atoms with E-state index < -0.39 is 0 Å². The zero-order valence-corrected chi connectivity index (χ0v) is 11.1. The third-order valence-corrected chi connectivity index (χ3v) is 4.97. The van der Waals surface area contributed by atoms with E-state index in [1.165, 1.54) is 44.9 Å². The van der Waals surface area contributed by atoms with Crippen LogP contribution in [0.1, 0.15) is 67.9 Å². The molecule has 0 bridgehead atoms. The number of benzene rings is 1. The van der Waals surface area contributed by atoms with E-state index >= 15 is 0 Å². The van der Waals surface area contributed by atoms with Crippen LogP contribution < -0.4 is 0 Å². The van der Waals surface area contributed by atoms with Crippen molar-refractivity contribution in [2.75, 3.05) is 0 Å². The largest absolute Gasteiger partial charge is 0.123 e. The highest BCUT2D eigenvalue weighted by Crippen LogP contribution is 2.39. The third kappa shape index (κ3) is 2.52. The first-order valence-electron chi connectivity index (χ1n) is 7.07. The van der Waals surface area contributed by atoms with E-state index in [1.807, 2.05) is 0 Å². The zero-order chi connectivity index (χ0) is 11.7. The van der Waals surface area contributed by atoms with Gasteiger partial charge in [-0.3, -0.25) is 0 Å². The molecule has 2 unspecified atom stereocenters. The lowest BCUT2D eigenvalue weighted by Crippen LogP contribution is -2.15. The maximum Gasteiger partial charge on any atom is 0.0341 e. The van der Waals surface area contributed by atoms with Crippen molar-refractivity contribution in [2.24, 2.45) is 0 Å². The number of hydrogen-bond acceptors (Lipinski definition) is 0. The van der Waals surface area contributed by atoms with Crippen LogP contribution in [0.3, 0.4) is 0 Å². The van der Waals surface area contributed by atoms with Crippen molar-refractivity contribution in [1.82, 2.24) is 0 Å². The first kappa shape index (κ1) is 11.6. The first-order valence-corrected chi connectivity index (χ1v) is 7.50. The SMILES string of the molecule is ClC1CCCC(c2cccc(C3CCC3)c2)C1. The molecule has 1 aromatic carbocycles. The first-order chi connectivity index (χ1) is 8.33. The van der Waals surface area contributed by atoms with Crippen LogP contribution in [0.15, 0.2) is 24.3 Å². The Labute approximate surface area is 109 Å². The summed E-state index contributed by atoms with van der Waals surface area (Å²) in [6.07, 6.45) is 9.22. The van der Waals surface area contributed by atoms with Gasteiger partial charge in [0.25, 0.3) is 0 Å². The van der Waals surface area contributed by atoms with Crippen molar-refractivity contribution < 1.29 is 0 Å². The van der Waals surface area contributed by atoms with Gasteiger partial charge in [0.2, 0.25) is 0 Å². The second-order valence-corrected chi connectivity index (χ2v) is 6.38. The maximum absolute atomic E-state index is 6.30. The Kier molecular flexibility index (Phi) is 3.42. The summed E-state index contributed by atoms with van der Waals surface area (Å²) in [5.41, 5.74) is 3.12. The molecule has 0 amide bonds. The monoisotopic (exact) mass is 248 g/mol. The van der Waals surface area contributed by atoms with Crippen LogP contribution in [0.4, 0.5) is 0 Å². The van der Waals surface area contributed by atoms with E-state index in [0.717, 1.165) is 5.92 Å². The number of halogens is 1. The minimum absolute atomic E-state index is 0.404. The van der Waals surface area contributed by atoms with E-state index in [4.69, 9.17) is 11.6 Å². The molecule has 0 heterocycles. The number of hydrogen-bond donors (Lipinski definition) is 0. The second-order valence-electron chi connectivity index (χ2n) is 5.76. The molecule has 1 aromatic rings. The van der Waals surface area contributed by atoms with Crippen LogP contribution in [-0.4, -0.2) is 5.38 Å². The lowest BCUT2D eigenvalue weighted by Gasteiger charge is -2.29. The maximum atomic E-state index is 6.30. The highest BCUT2D eigenvalue weighted by atomic mass is 35.5. The lowest BCUT2D eigenvalue weighted by molar-refractivity contribution is 0.417. The quantitative estimate of drug-likeness (QED) is 0.630. The van der Waals surface area contributed by atoms with Crippen molar-refractivity contribution in [3.05, 3.63) is 35.4 Å². The Morgan fingerprint density at radius 1 is 0.882 bits per heavy atom.